The number of piperidine rings is 1. The SMILES string of the molecule is C[C@@H]1C[C@@H](C)CN(C(=O)COC(=O)c2ccc3c(c2)OCO3)C1. The number of benzene rings is 1. The monoisotopic (exact) mass is 319 g/mol. The van der Waals surface area contributed by atoms with Gasteiger partial charge in [-0.1, -0.05) is 13.8 Å². The number of ether oxygens (including phenoxy) is 3. The summed E-state index contributed by atoms with van der Waals surface area (Å²) >= 11 is 0. The Hall–Kier alpha value is -2.24. The molecule has 0 spiro atoms. The van der Waals surface area contributed by atoms with E-state index in [0.29, 0.717) is 28.9 Å². The summed E-state index contributed by atoms with van der Waals surface area (Å²) in [5, 5.41) is 0. The summed E-state index contributed by atoms with van der Waals surface area (Å²) in [7, 11) is 0. The van der Waals surface area contributed by atoms with Crippen molar-refractivity contribution in [1.82, 2.24) is 4.90 Å². The van der Waals surface area contributed by atoms with E-state index in [4.69, 9.17) is 14.2 Å². The summed E-state index contributed by atoms with van der Waals surface area (Å²) in [5.41, 5.74) is 0.349. The van der Waals surface area contributed by atoms with Crippen molar-refractivity contribution in [2.45, 2.75) is 20.3 Å². The number of hydrogen-bond acceptors (Lipinski definition) is 5. The van der Waals surface area contributed by atoms with Gasteiger partial charge in [-0.2, -0.15) is 0 Å². The topological polar surface area (TPSA) is 65.1 Å². The standard InChI is InChI=1S/C17H21NO5/c1-11-5-12(2)8-18(7-11)16(19)9-21-17(20)13-3-4-14-15(6-13)23-10-22-14/h3-4,6,11-12H,5,7-10H2,1-2H3/t11-,12-/m1/s1. The van der Waals surface area contributed by atoms with Crippen LogP contribution in [0.5, 0.6) is 11.5 Å². The molecular formula is C17H21NO5. The van der Waals surface area contributed by atoms with E-state index >= 15 is 0 Å². The molecule has 0 unspecified atom stereocenters. The molecular weight excluding hydrogens is 298 g/mol. The van der Waals surface area contributed by atoms with Gasteiger partial charge in [0.05, 0.1) is 5.56 Å². The van der Waals surface area contributed by atoms with Crippen LogP contribution < -0.4 is 9.47 Å². The molecule has 23 heavy (non-hydrogen) atoms. The van der Waals surface area contributed by atoms with Crippen molar-refractivity contribution >= 4 is 11.9 Å². The highest BCUT2D eigenvalue weighted by molar-refractivity contribution is 5.92. The van der Waals surface area contributed by atoms with Crippen molar-refractivity contribution in [2.75, 3.05) is 26.5 Å². The normalized spacial score (nSPS) is 22.8. The Bertz CT molecular complexity index is 605. The predicted molar refractivity (Wildman–Crippen MR) is 82.4 cm³/mol. The van der Waals surface area contributed by atoms with Crippen LogP contribution in [0.25, 0.3) is 0 Å². The summed E-state index contributed by atoms with van der Waals surface area (Å²) in [4.78, 5) is 26.1. The Kier molecular flexibility index (Phi) is 4.41. The molecule has 0 radical (unpaired) electrons. The number of carbonyl (C=O) groups excluding carboxylic acids is 2. The fourth-order valence-corrected chi connectivity index (χ4v) is 3.19. The molecule has 6 nitrogen and oxygen atoms in total. The van der Waals surface area contributed by atoms with Crippen LogP contribution >= 0.6 is 0 Å². The van der Waals surface area contributed by atoms with E-state index in [9.17, 15) is 9.59 Å². The van der Waals surface area contributed by atoms with Gasteiger partial charge in [0.25, 0.3) is 5.91 Å². The van der Waals surface area contributed by atoms with Crippen LogP contribution in [-0.4, -0.2) is 43.3 Å². The van der Waals surface area contributed by atoms with E-state index in [2.05, 4.69) is 13.8 Å². The summed E-state index contributed by atoms with van der Waals surface area (Å²) in [6, 6.07) is 4.83. The summed E-state index contributed by atoms with van der Waals surface area (Å²) in [6.45, 7) is 5.64. The second-order valence-corrected chi connectivity index (χ2v) is 6.39. The Morgan fingerprint density at radius 1 is 1.17 bits per heavy atom. The summed E-state index contributed by atoms with van der Waals surface area (Å²) in [6.07, 6.45) is 1.13. The molecule has 3 rings (SSSR count). The van der Waals surface area contributed by atoms with E-state index in [1.165, 1.54) is 0 Å². The lowest BCUT2D eigenvalue weighted by Gasteiger charge is -2.34. The zero-order valence-corrected chi connectivity index (χ0v) is 13.4. The molecule has 0 aromatic heterocycles. The first kappa shape index (κ1) is 15.6. The quantitative estimate of drug-likeness (QED) is 0.798. The van der Waals surface area contributed by atoms with Crippen LogP contribution in [0.3, 0.4) is 0 Å². The highest BCUT2D eigenvalue weighted by atomic mass is 16.7. The molecule has 2 aliphatic rings. The van der Waals surface area contributed by atoms with Gasteiger partial charge in [-0.3, -0.25) is 4.79 Å². The van der Waals surface area contributed by atoms with Crippen molar-refractivity contribution in [1.29, 1.82) is 0 Å². The molecule has 0 aliphatic carbocycles. The van der Waals surface area contributed by atoms with Gasteiger partial charge in [0, 0.05) is 13.1 Å². The number of rotatable bonds is 3. The van der Waals surface area contributed by atoms with Crippen LogP contribution in [0, 0.1) is 11.8 Å². The second-order valence-electron chi connectivity index (χ2n) is 6.39. The lowest BCUT2D eigenvalue weighted by Crippen LogP contribution is -2.44. The minimum absolute atomic E-state index is 0.141. The minimum Gasteiger partial charge on any atom is -0.454 e. The van der Waals surface area contributed by atoms with E-state index in [0.717, 1.165) is 19.5 Å². The van der Waals surface area contributed by atoms with Crippen molar-refractivity contribution in [3.63, 3.8) is 0 Å². The molecule has 0 N–H and O–H groups in total. The van der Waals surface area contributed by atoms with Crippen LogP contribution in [0.1, 0.15) is 30.6 Å². The third-order valence-electron chi connectivity index (χ3n) is 4.16. The molecule has 1 fully saturated rings. The molecule has 1 aromatic carbocycles. The lowest BCUT2D eigenvalue weighted by atomic mass is 9.92. The number of nitrogens with zero attached hydrogens (tertiary/aromatic N) is 1. The second kappa shape index (κ2) is 6.48. The van der Waals surface area contributed by atoms with E-state index in [-0.39, 0.29) is 19.3 Å². The van der Waals surface area contributed by atoms with Crippen molar-refractivity contribution in [3.8, 4) is 11.5 Å². The number of amides is 1. The van der Waals surface area contributed by atoms with Crippen molar-refractivity contribution in [3.05, 3.63) is 23.8 Å². The number of fused-ring (bicyclic) bond motifs is 1. The fraction of sp³-hybridized carbons (Fsp3) is 0.529. The molecule has 0 bridgehead atoms. The zero-order chi connectivity index (χ0) is 16.4. The maximum atomic E-state index is 12.2. The fourth-order valence-electron chi connectivity index (χ4n) is 3.19. The number of likely N-dealkylation sites (tertiary alicyclic amines) is 1. The van der Waals surface area contributed by atoms with Crippen LogP contribution in [-0.2, 0) is 9.53 Å². The average molecular weight is 319 g/mol. The lowest BCUT2D eigenvalue weighted by molar-refractivity contribution is -0.137. The van der Waals surface area contributed by atoms with Crippen LogP contribution in [0.15, 0.2) is 18.2 Å². The third-order valence-corrected chi connectivity index (χ3v) is 4.16. The van der Waals surface area contributed by atoms with Gasteiger partial charge in [0.2, 0.25) is 6.79 Å². The molecule has 1 saturated heterocycles. The van der Waals surface area contributed by atoms with Crippen molar-refractivity contribution < 1.29 is 23.8 Å². The molecule has 2 atom stereocenters. The van der Waals surface area contributed by atoms with E-state index in [1.54, 1.807) is 23.1 Å². The number of hydrogen-bond donors (Lipinski definition) is 0. The third kappa shape index (κ3) is 3.57. The summed E-state index contributed by atoms with van der Waals surface area (Å²) < 4.78 is 15.6. The van der Waals surface area contributed by atoms with E-state index < -0.39 is 5.97 Å². The maximum Gasteiger partial charge on any atom is 0.338 e. The van der Waals surface area contributed by atoms with Gasteiger partial charge < -0.3 is 19.1 Å². The zero-order valence-electron chi connectivity index (χ0n) is 13.4. The smallest absolute Gasteiger partial charge is 0.338 e. The molecule has 2 heterocycles. The Morgan fingerprint density at radius 3 is 2.61 bits per heavy atom. The van der Waals surface area contributed by atoms with Crippen LogP contribution in [0.2, 0.25) is 0 Å². The first-order valence-electron chi connectivity index (χ1n) is 7.87. The molecule has 0 saturated carbocycles. The molecule has 1 amide bonds. The van der Waals surface area contributed by atoms with Gasteiger partial charge in [-0.05, 0) is 36.5 Å². The Balaban J connectivity index is 1.55. The number of esters is 1. The van der Waals surface area contributed by atoms with Gasteiger partial charge in [-0.15, -0.1) is 0 Å². The van der Waals surface area contributed by atoms with Crippen LogP contribution in [0.4, 0.5) is 0 Å². The van der Waals surface area contributed by atoms with Gasteiger partial charge in [-0.25, -0.2) is 4.79 Å². The highest BCUT2D eigenvalue weighted by Crippen LogP contribution is 2.32. The van der Waals surface area contributed by atoms with Gasteiger partial charge in [0.1, 0.15) is 0 Å². The molecule has 2 aliphatic heterocycles. The summed E-state index contributed by atoms with van der Waals surface area (Å²) in [5.74, 6) is 1.41. The highest BCUT2D eigenvalue weighted by Gasteiger charge is 2.26. The molecule has 124 valence electrons. The first-order valence-corrected chi connectivity index (χ1v) is 7.87. The number of carbonyl (C=O) groups is 2. The Morgan fingerprint density at radius 2 is 1.87 bits per heavy atom. The Labute approximate surface area is 135 Å². The molecule has 1 aromatic rings. The maximum absolute atomic E-state index is 12.2. The van der Waals surface area contributed by atoms with Gasteiger partial charge >= 0.3 is 5.97 Å². The van der Waals surface area contributed by atoms with Crippen molar-refractivity contribution in [2.24, 2.45) is 11.8 Å². The first-order chi connectivity index (χ1) is 11.0. The predicted octanol–water partition coefficient (Wildman–Crippen LogP) is 2.08. The average Bonchev–Trinajstić information content (AvgIpc) is 2.98. The van der Waals surface area contributed by atoms with Gasteiger partial charge in [0.15, 0.2) is 18.1 Å². The van der Waals surface area contributed by atoms with E-state index in [1.807, 2.05) is 0 Å². The minimum atomic E-state index is -0.533. The molecule has 6 heteroatoms. The largest absolute Gasteiger partial charge is 0.454 e.